The van der Waals surface area contributed by atoms with Gasteiger partial charge in [-0.2, -0.15) is 0 Å². The highest BCUT2D eigenvalue weighted by Crippen LogP contribution is 2.33. The third-order valence-electron chi connectivity index (χ3n) is 3.36. The summed E-state index contributed by atoms with van der Waals surface area (Å²) < 4.78 is 33.6. The fourth-order valence-electron chi connectivity index (χ4n) is 2.22. The Bertz CT molecular complexity index is 1030. The summed E-state index contributed by atoms with van der Waals surface area (Å²) in [6, 6.07) is 15.7. The van der Waals surface area contributed by atoms with E-state index < -0.39 is 16.0 Å². The average molecular weight is 422 g/mol. The van der Waals surface area contributed by atoms with Crippen LogP contribution in [0.4, 0.5) is 5.69 Å². The summed E-state index contributed by atoms with van der Waals surface area (Å²) >= 11 is 3.30. The van der Waals surface area contributed by atoms with Gasteiger partial charge in [0.2, 0.25) is 5.76 Å². The van der Waals surface area contributed by atoms with Gasteiger partial charge in [0.15, 0.2) is 0 Å². The van der Waals surface area contributed by atoms with Gasteiger partial charge in [-0.25, -0.2) is 13.2 Å². The van der Waals surface area contributed by atoms with Crippen LogP contribution in [-0.4, -0.2) is 19.5 Å². The quantitative estimate of drug-likeness (QED) is 0.642. The van der Waals surface area contributed by atoms with Gasteiger partial charge in [0.05, 0.1) is 10.6 Å². The standard InChI is InChI=1S/C17H12BrNO5S/c18-11-6-7-13(15-8-9-16(24-15)17(20)21)14(10-11)19-25(22,23)12-4-2-1-3-5-12/h1-10,19H,(H,20,21). The monoisotopic (exact) mass is 421 g/mol. The smallest absolute Gasteiger partial charge is 0.371 e. The van der Waals surface area contributed by atoms with Gasteiger partial charge in [0, 0.05) is 10.0 Å². The van der Waals surface area contributed by atoms with Crippen molar-refractivity contribution in [2.45, 2.75) is 4.90 Å². The fourth-order valence-corrected chi connectivity index (χ4v) is 3.67. The first-order chi connectivity index (χ1) is 11.9. The van der Waals surface area contributed by atoms with Crippen molar-refractivity contribution in [2.75, 3.05) is 4.72 Å². The zero-order chi connectivity index (χ0) is 18.0. The van der Waals surface area contributed by atoms with Gasteiger partial charge in [-0.15, -0.1) is 0 Å². The van der Waals surface area contributed by atoms with Crippen LogP contribution < -0.4 is 4.72 Å². The Balaban J connectivity index is 2.04. The molecule has 1 heterocycles. The van der Waals surface area contributed by atoms with Crippen LogP contribution in [0.5, 0.6) is 0 Å². The number of rotatable bonds is 5. The highest BCUT2D eigenvalue weighted by Gasteiger charge is 2.19. The molecular weight excluding hydrogens is 410 g/mol. The highest BCUT2D eigenvalue weighted by molar-refractivity contribution is 9.10. The lowest BCUT2D eigenvalue weighted by Crippen LogP contribution is -2.13. The molecule has 0 aliphatic rings. The first-order valence-corrected chi connectivity index (χ1v) is 9.35. The molecule has 0 amide bonds. The number of carbonyl (C=O) groups is 1. The maximum absolute atomic E-state index is 12.6. The maximum atomic E-state index is 12.6. The number of nitrogens with one attached hydrogen (secondary N) is 1. The zero-order valence-electron chi connectivity index (χ0n) is 12.6. The van der Waals surface area contributed by atoms with Crippen LogP contribution >= 0.6 is 15.9 Å². The molecule has 3 rings (SSSR count). The van der Waals surface area contributed by atoms with Crippen molar-refractivity contribution in [3.63, 3.8) is 0 Å². The molecule has 6 nitrogen and oxygen atoms in total. The largest absolute Gasteiger partial charge is 0.475 e. The molecule has 0 spiro atoms. The Morgan fingerprint density at radius 2 is 1.76 bits per heavy atom. The minimum atomic E-state index is -3.80. The molecule has 25 heavy (non-hydrogen) atoms. The normalized spacial score (nSPS) is 11.2. The van der Waals surface area contributed by atoms with Crippen LogP contribution in [0, 0.1) is 0 Å². The van der Waals surface area contributed by atoms with Crippen molar-refractivity contribution < 1.29 is 22.7 Å². The summed E-state index contributed by atoms with van der Waals surface area (Å²) in [6.07, 6.45) is 0. The molecule has 0 aliphatic carbocycles. The van der Waals surface area contributed by atoms with Crippen molar-refractivity contribution in [3.05, 3.63) is 70.9 Å². The number of halogens is 1. The van der Waals surface area contributed by atoms with Gasteiger partial charge in [-0.05, 0) is 42.5 Å². The molecule has 8 heteroatoms. The molecule has 0 aliphatic heterocycles. The number of anilines is 1. The molecule has 2 aromatic carbocycles. The van der Waals surface area contributed by atoms with E-state index in [0.29, 0.717) is 10.0 Å². The molecule has 0 saturated carbocycles. The van der Waals surface area contributed by atoms with E-state index in [1.807, 2.05) is 0 Å². The van der Waals surface area contributed by atoms with Gasteiger partial charge in [0.1, 0.15) is 5.76 Å². The number of furan rings is 1. The fraction of sp³-hybridized carbons (Fsp3) is 0. The van der Waals surface area contributed by atoms with Crippen LogP contribution in [0.15, 0.2) is 74.4 Å². The lowest BCUT2D eigenvalue weighted by atomic mass is 10.1. The summed E-state index contributed by atoms with van der Waals surface area (Å²) in [7, 11) is -3.80. The predicted molar refractivity (Wildman–Crippen MR) is 96.1 cm³/mol. The third kappa shape index (κ3) is 3.75. The lowest BCUT2D eigenvalue weighted by Gasteiger charge is -2.12. The number of aromatic carboxylic acids is 1. The topological polar surface area (TPSA) is 96.6 Å². The van der Waals surface area contributed by atoms with Gasteiger partial charge >= 0.3 is 5.97 Å². The van der Waals surface area contributed by atoms with Crippen molar-refractivity contribution >= 4 is 37.6 Å². The van der Waals surface area contributed by atoms with Gasteiger partial charge < -0.3 is 9.52 Å². The minimum Gasteiger partial charge on any atom is -0.475 e. The Kier molecular flexibility index (Phi) is 4.65. The van der Waals surface area contributed by atoms with E-state index in [-0.39, 0.29) is 22.1 Å². The van der Waals surface area contributed by atoms with E-state index in [9.17, 15) is 13.2 Å². The number of sulfonamides is 1. The van der Waals surface area contributed by atoms with Gasteiger partial charge in [-0.1, -0.05) is 34.1 Å². The Morgan fingerprint density at radius 1 is 1.04 bits per heavy atom. The summed E-state index contributed by atoms with van der Waals surface area (Å²) in [4.78, 5) is 11.1. The van der Waals surface area contributed by atoms with Crippen LogP contribution in [0.25, 0.3) is 11.3 Å². The lowest BCUT2D eigenvalue weighted by molar-refractivity contribution is 0.0663. The molecule has 0 fully saturated rings. The van der Waals surface area contributed by atoms with Crippen molar-refractivity contribution in [2.24, 2.45) is 0 Å². The van der Waals surface area contributed by atoms with Crippen LogP contribution in [-0.2, 0) is 10.0 Å². The maximum Gasteiger partial charge on any atom is 0.371 e. The third-order valence-corrected chi connectivity index (χ3v) is 5.24. The summed E-state index contributed by atoms with van der Waals surface area (Å²) in [6.45, 7) is 0. The second-order valence-electron chi connectivity index (χ2n) is 5.08. The second kappa shape index (κ2) is 6.73. The van der Waals surface area contributed by atoms with Crippen LogP contribution in [0.3, 0.4) is 0 Å². The minimum absolute atomic E-state index is 0.117. The number of carboxylic acids is 1. The Morgan fingerprint density at radius 3 is 2.40 bits per heavy atom. The molecule has 128 valence electrons. The Labute approximate surface area is 152 Å². The molecule has 0 unspecified atom stereocenters. The number of hydrogen-bond acceptors (Lipinski definition) is 4. The number of carboxylic acid groups (broad SMARTS) is 1. The van der Waals surface area contributed by atoms with Crippen molar-refractivity contribution in [1.82, 2.24) is 0 Å². The molecule has 0 saturated heterocycles. The second-order valence-corrected chi connectivity index (χ2v) is 7.68. The highest BCUT2D eigenvalue weighted by atomic mass is 79.9. The summed E-state index contributed by atoms with van der Waals surface area (Å²) in [5.41, 5.74) is 0.694. The van der Waals surface area contributed by atoms with Gasteiger partial charge in [-0.3, -0.25) is 4.72 Å². The first kappa shape index (κ1) is 17.2. The van der Waals surface area contributed by atoms with Crippen LogP contribution in [0.1, 0.15) is 10.6 Å². The van der Waals surface area contributed by atoms with E-state index in [2.05, 4.69) is 20.7 Å². The molecule has 2 N–H and O–H groups in total. The van der Waals surface area contributed by atoms with Crippen molar-refractivity contribution in [1.29, 1.82) is 0 Å². The molecular formula is C17H12BrNO5S. The predicted octanol–water partition coefficient (Wildman–Crippen LogP) is 4.21. The summed E-state index contributed by atoms with van der Waals surface area (Å²) in [5.74, 6) is -1.18. The van der Waals surface area contributed by atoms with E-state index in [1.54, 1.807) is 36.4 Å². The number of benzene rings is 2. The van der Waals surface area contributed by atoms with E-state index in [1.165, 1.54) is 24.3 Å². The van der Waals surface area contributed by atoms with E-state index in [0.717, 1.165) is 0 Å². The summed E-state index contributed by atoms with van der Waals surface area (Å²) in [5, 5.41) is 8.98. The zero-order valence-corrected chi connectivity index (χ0v) is 15.0. The average Bonchev–Trinajstić information content (AvgIpc) is 3.05. The Hall–Kier alpha value is -2.58. The van der Waals surface area contributed by atoms with Crippen molar-refractivity contribution in [3.8, 4) is 11.3 Å². The number of hydrogen-bond donors (Lipinski definition) is 2. The van der Waals surface area contributed by atoms with Crippen LogP contribution in [0.2, 0.25) is 0 Å². The molecule has 0 bridgehead atoms. The first-order valence-electron chi connectivity index (χ1n) is 7.08. The molecule has 0 radical (unpaired) electrons. The van der Waals surface area contributed by atoms with E-state index in [4.69, 9.17) is 9.52 Å². The van der Waals surface area contributed by atoms with E-state index >= 15 is 0 Å². The molecule has 3 aromatic rings. The SMILES string of the molecule is O=C(O)c1ccc(-c2ccc(Br)cc2NS(=O)(=O)c2ccccc2)o1. The van der Waals surface area contributed by atoms with Gasteiger partial charge in [0.25, 0.3) is 10.0 Å². The molecule has 0 atom stereocenters. The molecule has 1 aromatic heterocycles.